The lowest BCUT2D eigenvalue weighted by Crippen LogP contribution is -2.57. The van der Waals surface area contributed by atoms with Crippen molar-refractivity contribution in [2.45, 2.75) is 26.4 Å². The molecule has 1 aliphatic rings. The Morgan fingerprint density at radius 2 is 1.77 bits per heavy atom. The minimum absolute atomic E-state index is 0.0342. The summed E-state index contributed by atoms with van der Waals surface area (Å²) in [5.74, 6) is -0.239. The molecule has 8 heteroatoms. The number of aromatic nitrogens is 1. The summed E-state index contributed by atoms with van der Waals surface area (Å²) >= 11 is 5.96. The lowest BCUT2D eigenvalue weighted by molar-refractivity contribution is -0.124. The average molecular weight is 430 g/mol. The van der Waals surface area contributed by atoms with Crippen molar-refractivity contribution < 1.29 is 9.59 Å². The van der Waals surface area contributed by atoms with E-state index < -0.39 is 6.04 Å². The van der Waals surface area contributed by atoms with E-state index in [0.717, 1.165) is 24.5 Å². The number of carbonyl (C=O) groups excluding carboxylic acids is 2. The topological polar surface area (TPSA) is 77.6 Å². The zero-order chi connectivity index (χ0) is 21.5. The highest BCUT2D eigenvalue weighted by atomic mass is 35.5. The molecule has 0 bridgehead atoms. The first-order chi connectivity index (χ1) is 14.4. The van der Waals surface area contributed by atoms with Crippen molar-refractivity contribution in [1.29, 1.82) is 0 Å². The Morgan fingerprint density at radius 1 is 1.07 bits per heavy atom. The van der Waals surface area contributed by atoms with Crippen molar-refractivity contribution in [3.8, 4) is 0 Å². The van der Waals surface area contributed by atoms with Gasteiger partial charge in [0.15, 0.2) is 0 Å². The van der Waals surface area contributed by atoms with Gasteiger partial charge in [-0.15, -0.1) is 0 Å². The summed E-state index contributed by atoms with van der Waals surface area (Å²) in [4.78, 5) is 33.6. The van der Waals surface area contributed by atoms with E-state index in [-0.39, 0.29) is 17.9 Å². The zero-order valence-electron chi connectivity index (χ0n) is 17.3. The summed E-state index contributed by atoms with van der Waals surface area (Å²) in [6.07, 6.45) is 1.69. The van der Waals surface area contributed by atoms with Crippen LogP contribution in [0.15, 0.2) is 48.7 Å². The molecule has 30 heavy (non-hydrogen) atoms. The highest BCUT2D eigenvalue weighted by molar-refractivity contribution is 6.30. The Bertz CT molecular complexity index is 836. The molecule has 1 aromatic carbocycles. The molecule has 1 atom stereocenters. The fourth-order valence-electron chi connectivity index (χ4n) is 3.37. The quantitative estimate of drug-likeness (QED) is 0.740. The van der Waals surface area contributed by atoms with E-state index in [9.17, 15) is 9.59 Å². The van der Waals surface area contributed by atoms with Gasteiger partial charge in [0, 0.05) is 43.1 Å². The van der Waals surface area contributed by atoms with Crippen LogP contribution in [0.5, 0.6) is 0 Å². The van der Waals surface area contributed by atoms with E-state index in [1.807, 2.05) is 56.3 Å². The third-order valence-corrected chi connectivity index (χ3v) is 5.41. The summed E-state index contributed by atoms with van der Waals surface area (Å²) < 4.78 is 0. The predicted octanol–water partition coefficient (Wildman–Crippen LogP) is 2.91. The monoisotopic (exact) mass is 429 g/mol. The van der Waals surface area contributed by atoms with Gasteiger partial charge < -0.3 is 20.4 Å². The minimum atomic E-state index is -0.601. The van der Waals surface area contributed by atoms with Gasteiger partial charge >= 0.3 is 6.03 Å². The largest absolute Gasteiger partial charge is 0.368 e. The molecule has 0 radical (unpaired) electrons. The fraction of sp³-hybridized carbons (Fsp3) is 0.409. The summed E-state index contributed by atoms with van der Waals surface area (Å²) in [6, 6.07) is 12.4. The van der Waals surface area contributed by atoms with Crippen molar-refractivity contribution in [2.24, 2.45) is 5.92 Å². The summed E-state index contributed by atoms with van der Waals surface area (Å²) in [5, 5.41) is 6.48. The molecule has 3 rings (SSSR count). The molecular formula is C22H28ClN5O2. The van der Waals surface area contributed by atoms with Gasteiger partial charge in [-0.25, -0.2) is 4.79 Å². The van der Waals surface area contributed by atoms with Crippen LogP contribution in [-0.2, 0) is 11.3 Å². The van der Waals surface area contributed by atoms with Gasteiger partial charge in [0.05, 0.1) is 12.2 Å². The number of piperazine rings is 1. The molecule has 160 valence electrons. The standard InChI is InChI=1S/C22H28ClN5O2/c1-16(2)20(21(29)25-15-18-5-3-4-10-24-18)26-22(30)28-13-11-27(12-14-28)19-8-6-17(23)7-9-19/h3-10,16,20H,11-15H2,1-2H3,(H,25,29)(H,26,30). The Labute approximate surface area is 182 Å². The zero-order valence-corrected chi connectivity index (χ0v) is 18.1. The van der Waals surface area contributed by atoms with E-state index >= 15 is 0 Å². The first-order valence-electron chi connectivity index (χ1n) is 10.2. The first-order valence-corrected chi connectivity index (χ1v) is 10.6. The lowest BCUT2D eigenvalue weighted by Gasteiger charge is -2.37. The normalized spacial score (nSPS) is 15.1. The fourth-order valence-corrected chi connectivity index (χ4v) is 3.50. The molecule has 3 amide bonds. The van der Waals surface area contributed by atoms with Crippen LogP contribution in [0.2, 0.25) is 5.02 Å². The molecule has 1 saturated heterocycles. The third kappa shape index (κ3) is 5.86. The number of hydrogen-bond donors (Lipinski definition) is 2. The van der Waals surface area contributed by atoms with Crippen molar-refractivity contribution in [3.05, 3.63) is 59.4 Å². The number of rotatable bonds is 6. The van der Waals surface area contributed by atoms with Crippen LogP contribution >= 0.6 is 11.6 Å². The Morgan fingerprint density at radius 3 is 2.37 bits per heavy atom. The SMILES string of the molecule is CC(C)C(NC(=O)N1CCN(c2ccc(Cl)cc2)CC1)C(=O)NCc1ccccn1. The van der Waals surface area contributed by atoms with E-state index in [0.29, 0.717) is 24.7 Å². The molecule has 0 aliphatic carbocycles. The molecule has 2 N–H and O–H groups in total. The molecule has 0 saturated carbocycles. The molecule has 1 aromatic heterocycles. The molecule has 0 spiro atoms. The van der Waals surface area contributed by atoms with Gasteiger partial charge in [-0.05, 0) is 42.3 Å². The smallest absolute Gasteiger partial charge is 0.318 e. The summed E-state index contributed by atoms with van der Waals surface area (Å²) in [6.45, 7) is 6.82. The third-order valence-electron chi connectivity index (χ3n) is 5.16. The Kier molecular flexibility index (Phi) is 7.52. The average Bonchev–Trinajstić information content (AvgIpc) is 2.77. The molecular weight excluding hydrogens is 402 g/mol. The molecule has 1 unspecified atom stereocenters. The maximum atomic E-state index is 12.8. The Balaban J connectivity index is 1.51. The highest BCUT2D eigenvalue weighted by Crippen LogP contribution is 2.19. The van der Waals surface area contributed by atoms with E-state index in [1.165, 1.54) is 0 Å². The van der Waals surface area contributed by atoms with Crippen molar-refractivity contribution >= 4 is 29.2 Å². The molecule has 2 heterocycles. The van der Waals surface area contributed by atoms with Crippen molar-refractivity contribution in [2.75, 3.05) is 31.1 Å². The van der Waals surface area contributed by atoms with E-state index in [4.69, 9.17) is 11.6 Å². The van der Waals surface area contributed by atoms with E-state index in [2.05, 4.69) is 20.5 Å². The van der Waals surface area contributed by atoms with Crippen LogP contribution in [-0.4, -0.2) is 54.0 Å². The van der Waals surface area contributed by atoms with Crippen LogP contribution in [0.1, 0.15) is 19.5 Å². The second-order valence-electron chi connectivity index (χ2n) is 7.66. The number of benzene rings is 1. The Hall–Kier alpha value is -2.80. The predicted molar refractivity (Wildman–Crippen MR) is 118 cm³/mol. The molecule has 1 aliphatic heterocycles. The van der Waals surface area contributed by atoms with Crippen LogP contribution < -0.4 is 15.5 Å². The highest BCUT2D eigenvalue weighted by Gasteiger charge is 2.28. The van der Waals surface area contributed by atoms with Crippen molar-refractivity contribution in [1.82, 2.24) is 20.5 Å². The van der Waals surface area contributed by atoms with Gasteiger partial charge in [0.2, 0.25) is 5.91 Å². The van der Waals surface area contributed by atoms with Crippen LogP contribution in [0, 0.1) is 5.92 Å². The van der Waals surface area contributed by atoms with E-state index in [1.54, 1.807) is 11.1 Å². The lowest BCUT2D eigenvalue weighted by atomic mass is 10.0. The maximum Gasteiger partial charge on any atom is 0.318 e. The number of hydrogen-bond acceptors (Lipinski definition) is 4. The molecule has 2 aromatic rings. The second kappa shape index (κ2) is 10.3. The first kappa shape index (κ1) is 21.9. The number of amides is 3. The number of pyridine rings is 1. The van der Waals surface area contributed by atoms with Gasteiger partial charge in [-0.1, -0.05) is 31.5 Å². The second-order valence-corrected chi connectivity index (χ2v) is 8.10. The number of nitrogens with zero attached hydrogens (tertiary/aromatic N) is 3. The van der Waals surface area contributed by atoms with Crippen LogP contribution in [0.3, 0.4) is 0 Å². The van der Waals surface area contributed by atoms with Gasteiger partial charge in [-0.3, -0.25) is 9.78 Å². The number of urea groups is 1. The molecule has 7 nitrogen and oxygen atoms in total. The van der Waals surface area contributed by atoms with Gasteiger partial charge in [-0.2, -0.15) is 0 Å². The van der Waals surface area contributed by atoms with Crippen LogP contribution in [0.25, 0.3) is 0 Å². The number of anilines is 1. The summed E-state index contributed by atoms with van der Waals surface area (Å²) in [5.41, 5.74) is 1.87. The number of halogens is 1. The van der Waals surface area contributed by atoms with Gasteiger partial charge in [0.25, 0.3) is 0 Å². The van der Waals surface area contributed by atoms with Crippen molar-refractivity contribution in [3.63, 3.8) is 0 Å². The maximum absolute atomic E-state index is 12.8. The molecule has 1 fully saturated rings. The summed E-state index contributed by atoms with van der Waals surface area (Å²) in [7, 11) is 0. The minimum Gasteiger partial charge on any atom is -0.368 e. The number of nitrogens with one attached hydrogen (secondary N) is 2. The van der Waals surface area contributed by atoms with Crippen LogP contribution in [0.4, 0.5) is 10.5 Å². The number of carbonyl (C=O) groups is 2. The van der Waals surface area contributed by atoms with Gasteiger partial charge in [0.1, 0.15) is 6.04 Å².